The van der Waals surface area contributed by atoms with Crippen LogP contribution in [0, 0.1) is 13.8 Å². The highest BCUT2D eigenvalue weighted by Crippen LogP contribution is 2.44. The summed E-state index contributed by atoms with van der Waals surface area (Å²) in [6.07, 6.45) is 2.09. The Kier molecular flexibility index (Phi) is 10.1. The summed E-state index contributed by atoms with van der Waals surface area (Å²) in [4.78, 5) is 0. The average molecular weight is 601 g/mol. The molecular weight excluding hydrogens is 540 g/mol. The Morgan fingerprint density at radius 2 is 1.02 bits per heavy atom. The maximum absolute atomic E-state index is 11.2. The van der Waals surface area contributed by atoms with E-state index >= 15 is 0 Å². The molecule has 2 N–H and O–H groups in total. The summed E-state index contributed by atoms with van der Waals surface area (Å²) in [6.45, 7) is 33.1. The number of ether oxygens (including phenoxy) is 1. The fourth-order valence-electron chi connectivity index (χ4n) is 6.31. The lowest BCUT2D eigenvalue weighted by Crippen LogP contribution is -2.19. The molecule has 3 aromatic rings. The lowest BCUT2D eigenvalue weighted by molar-refractivity contribution is 0.296. The molecule has 0 aliphatic carbocycles. The van der Waals surface area contributed by atoms with Gasteiger partial charge in [0.05, 0.1) is 0 Å². The zero-order valence-corrected chi connectivity index (χ0v) is 30.5. The molecule has 0 spiro atoms. The van der Waals surface area contributed by atoms with Gasteiger partial charge in [0.15, 0.2) is 0 Å². The Balaban J connectivity index is 2.15. The van der Waals surface area contributed by atoms with Crippen molar-refractivity contribution in [3.05, 3.63) is 86.5 Å². The topological polar surface area (TPSA) is 49.7 Å². The molecule has 0 amide bonds. The molecule has 44 heavy (non-hydrogen) atoms. The van der Waals surface area contributed by atoms with Crippen molar-refractivity contribution in [3.8, 4) is 17.2 Å². The number of phenols is 2. The Bertz CT molecular complexity index is 1450. The van der Waals surface area contributed by atoms with Gasteiger partial charge in [0.1, 0.15) is 23.9 Å². The van der Waals surface area contributed by atoms with Crippen molar-refractivity contribution in [3.63, 3.8) is 0 Å². The smallest absolute Gasteiger partial charge is 0.123 e. The predicted octanol–water partition coefficient (Wildman–Crippen LogP) is 11.4. The van der Waals surface area contributed by atoms with E-state index in [4.69, 9.17) is 4.74 Å². The van der Waals surface area contributed by atoms with Gasteiger partial charge in [0.2, 0.25) is 0 Å². The highest BCUT2D eigenvalue weighted by molar-refractivity contribution is 5.54. The number of aryl methyl sites for hydroxylation is 2. The lowest BCUT2D eigenvalue weighted by Gasteiger charge is -2.30. The average Bonchev–Trinajstić information content (AvgIpc) is 2.84. The second kappa shape index (κ2) is 12.5. The molecule has 0 aliphatic heterocycles. The van der Waals surface area contributed by atoms with Crippen LogP contribution < -0.4 is 4.74 Å². The summed E-state index contributed by atoms with van der Waals surface area (Å²) in [5.41, 5.74) is 9.45. The van der Waals surface area contributed by atoms with E-state index in [0.29, 0.717) is 18.1 Å². The van der Waals surface area contributed by atoms with Gasteiger partial charge >= 0.3 is 0 Å². The van der Waals surface area contributed by atoms with Crippen molar-refractivity contribution in [2.75, 3.05) is 0 Å². The summed E-state index contributed by atoms with van der Waals surface area (Å²) in [6, 6.07) is 13.0. The number of benzene rings is 3. The third-order valence-corrected chi connectivity index (χ3v) is 8.88. The lowest BCUT2D eigenvalue weighted by atomic mass is 9.76. The molecule has 0 aromatic heterocycles. The maximum atomic E-state index is 11.2. The van der Waals surface area contributed by atoms with Crippen molar-refractivity contribution in [2.24, 2.45) is 0 Å². The zero-order valence-electron chi connectivity index (χ0n) is 30.5. The van der Waals surface area contributed by atoms with Crippen LogP contribution in [0.1, 0.15) is 159 Å². The van der Waals surface area contributed by atoms with Crippen LogP contribution in [0.2, 0.25) is 0 Å². The third kappa shape index (κ3) is 7.82. The number of aromatic hydroxyl groups is 2. The normalized spacial score (nSPS) is 13.7. The second-order valence-electron chi connectivity index (χ2n) is 17.1. The first-order valence-electron chi connectivity index (χ1n) is 16.5. The second-order valence-corrected chi connectivity index (χ2v) is 17.1. The highest BCUT2D eigenvalue weighted by atomic mass is 16.5. The Labute approximate surface area is 269 Å². The molecule has 3 heteroatoms. The van der Waals surface area contributed by atoms with Gasteiger partial charge in [-0.2, -0.15) is 0 Å². The maximum Gasteiger partial charge on any atom is 0.123 e. The monoisotopic (exact) mass is 600 g/mol. The molecule has 0 bridgehead atoms. The minimum atomic E-state index is -0.192. The largest absolute Gasteiger partial charge is 0.508 e. The van der Waals surface area contributed by atoms with E-state index < -0.39 is 0 Å². The molecule has 3 aromatic carbocycles. The van der Waals surface area contributed by atoms with Gasteiger partial charge in [0.25, 0.3) is 0 Å². The van der Waals surface area contributed by atoms with Crippen LogP contribution in [0.5, 0.6) is 17.2 Å². The molecule has 242 valence electrons. The van der Waals surface area contributed by atoms with Crippen LogP contribution in [0.25, 0.3) is 0 Å². The van der Waals surface area contributed by atoms with Crippen molar-refractivity contribution < 1.29 is 14.9 Å². The third-order valence-electron chi connectivity index (χ3n) is 8.88. The van der Waals surface area contributed by atoms with E-state index in [0.717, 1.165) is 46.4 Å². The minimum absolute atomic E-state index is 0.128. The summed E-state index contributed by atoms with van der Waals surface area (Å²) in [7, 11) is 0. The van der Waals surface area contributed by atoms with Crippen LogP contribution in [0.15, 0.2) is 36.4 Å². The van der Waals surface area contributed by atoms with Gasteiger partial charge in [-0.05, 0) is 116 Å². The number of phenolic OH excluding ortho intramolecular Hbond substituents is 2. The summed E-state index contributed by atoms with van der Waals surface area (Å²) < 4.78 is 6.69. The van der Waals surface area contributed by atoms with Crippen molar-refractivity contribution >= 4 is 0 Å². The van der Waals surface area contributed by atoms with Crippen molar-refractivity contribution in [1.29, 1.82) is 0 Å². The molecular formula is C41H60O3. The molecule has 0 saturated heterocycles. The van der Waals surface area contributed by atoms with E-state index in [9.17, 15) is 10.2 Å². The van der Waals surface area contributed by atoms with Crippen molar-refractivity contribution in [1.82, 2.24) is 0 Å². The first-order chi connectivity index (χ1) is 20.0. The van der Waals surface area contributed by atoms with Crippen molar-refractivity contribution in [2.45, 2.75) is 151 Å². The van der Waals surface area contributed by atoms with E-state index in [1.54, 1.807) is 0 Å². The van der Waals surface area contributed by atoms with E-state index in [1.807, 2.05) is 6.07 Å². The van der Waals surface area contributed by atoms with Crippen LogP contribution >= 0.6 is 0 Å². The molecule has 0 radical (unpaired) electrons. The van der Waals surface area contributed by atoms with E-state index in [2.05, 4.69) is 134 Å². The number of rotatable bonds is 7. The molecule has 0 saturated carbocycles. The highest BCUT2D eigenvalue weighted by Gasteiger charge is 2.29. The minimum Gasteiger partial charge on any atom is -0.508 e. The first kappa shape index (κ1) is 35.5. The summed E-state index contributed by atoms with van der Waals surface area (Å²) in [5, 5.41) is 22.1. The van der Waals surface area contributed by atoms with E-state index in [-0.39, 0.29) is 27.6 Å². The first-order valence-corrected chi connectivity index (χ1v) is 16.5. The Hall–Kier alpha value is -2.94. The zero-order chi connectivity index (χ0) is 33.6. The van der Waals surface area contributed by atoms with E-state index in [1.165, 1.54) is 22.3 Å². The van der Waals surface area contributed by atoms with Crippen LogP contribution in [0.3, 0.4) is 0 Å². The van der Waals surface area contributed by atoms with Crippen LogP contribution in [-0.2, 0) is 28.3 Å². The fourth-order valence-corrected chi connectivity index (χ4v) is 6.31. The van der Waals surface area contributed by atoms with Gasteiger partial charge in [-0.15, -0.1) is 0 Å². The molecule has 0 heterocycles. The van der Waals surface area contributed by atoms with Crippen LogP contribution in [-0.4, -0.2) is 10.2 Å². The standard InChI is InChI=1S/C41H60O3/c1-16-17-28(29-22-31(38(4,5)6)35(42)18-25(29)2)30-23-32(39(7,8)9)36(19-26(30)3)44-24-27-20-33(40(10,11)12)37(43)34(21-27)41(13,14)15/h18-23,28,42-43H,16-17,24H2,1-15H3. The molecule has 3 nitrogen and oxygen atoms in total. The molecule has 1 atom stereocenters. The van der Waals surface area contributed by atoms with Gasteiger partial charge in [-0.1, -0.05) is 109 Å². The summed E-state index contributed by atoms with van der Waals surface area (Å²) >= 11 is 0. The predicted molar refractivity (Wildman–Crippen MR) is 188 cm³/mol. The van der Waals surface area contributed by atoms with Gasteiger partial charge in [0, 0.05) is 5.92 Å². The number of hydrogen-bond donors (Lipinski definition) is 2. The molecule has 0 aliphatic rings. The fraction of sp³-hybridized carbons (Fsp3) is 0.561. The quantitative estimate of drug-likeness (QED) is 0.284. The van der Waals surface area contributed by atoms with Gasteiger partial charge in [-0.3, -0.25) is 0 Å². The Morgan fingerprint density at radius 1 is 0.591 bits per heavy atom. The molecule has 3 rings (SSSR count). The SMILES string of the molecule is CCCC(c1cc(C(C)(C)C)c(O)cc1C)c1cc(C(C)(C)C)c(OCc2cc(C(C)(C)C)c(O)c(C(C)(C)C)c2)cc1C. The van der Waals surface area contributed by atoms with Crippen LogP contribution in [0.4, 0.5) is 0 Å². The summed E-state index contributed by atoms with van der Waals surface area (Å²) in [5.74, 6) is 1.90. The van der Waals surface area contributed by atoms with Gasteiger partial charge in [-0.25, -0.2) is 0 Å². The van der Waals surface area contributed by atoms with Gasteiger partial charge < -0.3 is 14.9 Å². The Morgan fingerprint density at radius 3 is 1.45 bits per heavy atom. The molecule has 0 fully saturated rings. The number of hydrogen-bond acceptors (Lipinski definition) is 3. The molecule has 1 unspecified atom stereocenters.